The molecule has 0 spiro atoms. The number of nitrogens with one attached hydrogen (secondary N) is 1. The molecule has 2 saturated heterocycles. The van der Waals surface area contributed by atoms with Crippen LogP contribution >= 0.6 is 11.8 Å². The molecule has 6 nitrogen and oxygen atoms in total. The molecule has 0 aromatic heterocycles. The van der Waals surface area contributed by atoms with Gasteiger partial charge in [0.2, 0.25) is 11.8 Å². The molecule has 0 bridgehead atoms. The Labute approximate surface area is 126 Å². The fourth-order valence-corrected chi connectivity index (χ4v) is 4.09. The highest BCUT2D eigenvalue weighted by Crippen LogP contribution is 2.50. The van der Waals surface area contributed by atoms with Crippen molar-refractivity contribution in [3.05, 3.63) is 0 Å². The fourth-order valence-electron chi connectivity index (χ4n) is 2.47. The molecule has 112 valence electrons. The molecular weight excluding hydrogens is 280 g/mol. The number of hydrogen-bond acceptors (Lipinski definition) is 4. The van der Waals surface area contributed by atoms with Crippen molar-refractivity contribution in [2.75, 3.05) is 0 Å². The lowest BCUT2D eigenvalue weighted by atomic mass is 9.92. The van der Waals surface area contributed by atoms with Crippen LogP contribution in [-0.2, 0) is 14.4 Å². The first-order chi connectivity index (χ1) is 10.2. The lowest BCUT2D eigenvalue weighted by Crippen LogP contribution is -2.71. The first-order valence-corrected chi connectivity index (χ1v) is 7.13. The van der Waals surface area contributed by atoms with Gasteiger partial charge in [-0.3, -0.25) is 9.59 Å². The zero-order chi connectivity index (χ0) is 18.0. The molecular formula is C13H20N2O4S. The quantitative estimate of drug-likeness (QED) is 0.732. The number of carboxylic acids is 1. The number of rotatable bonds is 2. The van der Waals surface area contributed by atoms with Crippen LogP contribution in [0.1, 0.15) is 38.7 Å². The number of fused-ring (bicyclic) bond motifs is 1. The third-order valence-corrected chi connectivity index (χ3v) is 5.10. The molecule has 2 heterocycles. The van der Waals surface area contributed by atoms with Crippen molar-refractivity contribution in [3.63, 3.8) is 0 Å². The number of aliphatic carboxylic acids is 1. The molecule has 7 heteroatoms. The van der Waals surface area contributed by atoms with E-state index in [1.165, 1.54) is 30.5 Å². The predicted molar refractivity (Wildman–Crippen MR) is 75.1 cm³/mol. The summed E-state index contributed by atoms with van der Waals surface area (Å²) < 4.78 is 21.6. The van der Waals surface area contributed by atoms with Gasteiger partial charge in [0, 0.05) is 14.3 Å². The number of β-lactam (4-membered cyclic amide) rings is 1. The first-order valence-electron chi connectivity index (χ1n) is 7.75. The third-order valence-electron chi connectivity index (χ3n) is 3.53. The summed E-state index contributed by atoms with van der Waals surface area (Å²) in [6.07, 6.45) is 0. The number of nitrogens with zero attached hydrogens (tertiary/aromatic N) is 1. The van der Waals surface area contributed by atoms with Crippen molar-refractivity contribution in [2.24, 2.45) is 5.41 Å². The molecule has 20 heavy (non-hydrogen) atoms. The summed E-state index contributed by atoms with van der Waals surface area (Å²) in [5.74, 6) is -2.33. The molecule has 0 aromatic rings. The van der Waals surface area contributed by atoms with Gasteiger partial charge in [-0.15, -0.1) is 11.8 Å². The molecule has 0 radical (unpaired) electrons. The number of carbonyl (C=O) groups is 3. The van der Waals surface area contributed by atoms with E-state index in [2.05, 4.69) is 5.32 Å². The van der Waals surface area contributed by atoms with Gasteiger partial charge in [0.05, 0.1) is 0 Å². The molecule has 2 fully saturated rings. The largest absolute Gasteiger partial charge is 0.480 e. The van der Waals surface area contributed by atoms with Crippen LogP contribution in [0, 0.1) is 5.41 Å². The van der Waals surface area contributed by atoms with Gasteiger partial charge in [-0.25, -0.2) is 4.79 Å². The summed E-state index contributed by atoms with van der Waals surface area (Å²) >= 11 is 1.29. The van der Waals surface area contributed by atoms with Crippen molar-refractivity contribution >= 4 is 29.5 Å². The molecule has 2 rings (SSSR count). The second kappa shape index (κ2) is 4.38. The van der Waals surface area contributed by atoms with Crippen LogP contribution in [0.25, 0.3) is 0 Å². The molecule has 2 amide bonds. The van der Waals surface area contributed by atoms with Gasteiger partial charge in [0.1, 0.15) is 17.5 Å². The van der Waals surface area contributed by atoms with Crippen LogP contribution in [0.2, 0.25) is 0 Å². The maximum Gasteiger partial charge on any atom is 0.327 e. The van der Waals surface area contributed by atoms with Gasteiger partial charge in [-0.1, -0.05) is 20.7 Å². The zero-order valence-corrected chi connectivity index (χ0v) is 12.6. The van der Waals surface area contributed by atoms with E-state index < -0.39 is 52.3 Å². The van der Waals surface area contributed by atoms with Crippen LogP contribution < -0.4 is 5.32 Å². The Balaban J connectivity index is 2.16. The molecule has 2 N–H and O–H groups in total. The average molecular weight is 303 g/mol. The van der Waals surface area contributed by atoms with Gasteiger partial charge in [-0.2, -0.15) is 0 Å². The summed E-state index contributed by atoms with van der Waals surface area (Å²) in [7, 11) is 0. The van der Waals surface area contributed by atoms with E-state index in [-0.39, 0.29) is 0 Å². The minimum absolute atomic E-state index is 0.491. The van der Waals surface area contributed by atoms with Crippen molar-refractivity contribution in [1.29, 1.82) is 0 Å². The molecule has 0 aromatic carbocycles. The van der Waals surface area contributed by atoms with E-state index in [1.54, 1.807) is 13.8 Å². The van der Waals surface area contributed by atoms with Crippen molar-refractivity contribution < 1.29 is 23.6 Å². The minimum Gasteiger partial charge on any atom is -0.480 e. The molecule has 3 atom stereocenters. The maximum absolute atomic E-state index is 12.3. The second-order valence-electron chi connectivity index (χ2n) is 6.17. The van der Waals surface area contributed by atoms with E-state index in [0.29, 0.717) is 0 Å². The Hall–Kier alpha value is -1.24. The van der Waals surface area contributed by atoms with Gasteiger partial charge in [0.15, 0.2) is 0 Å². The summed E-state index contributed by atoms with van der Waals surface area (Å²) in [5.41, 5.74) is -1.64. The smallest absolute Gasteiger partial charge is 0.327 e. The predicted octanol–water partition coefficient (Wildman–Crippen LogP) is 0.664. The van der Waals surface area contributed by atoms with Crippen molar-refractivity contribution in [3.8, 4) is 0 Å². The Bertz CT molecular complexity index is 576. The summed E-state index contributed by atoms with van der Waals surface area (Å²) in [4.78, 5) is 37.2. The van der Waals surface area contributed by atoms with Crippen LogP contribution in [0.15, 0.2) is 0 Å². The Morgan fingerprint density at radius 1 is 1.50 bits per heavy atom. The Morgan fingerprint density at radius 3 is 2.60 bits per heavy atom. The van der Waals surface area contributed by atoms with E-state index in [1.807, 2.05) is 0 Å². The van der Waals surface area contributed by atoms with Crippen LogP contribution in [0.3, 0.4) is 0 Å². The summed E-state index contributed by atoms with van der Waals surface area (Å²) in [6, 6.07) is -1.86. The highest BCUT2D eigenvalue weighted by molar-refractivity contribution is 8.01. The summed E-state index contributed by atoms with van der Waals surface area (Å²) in [5, 5.41) is 11.3. The topological polar surface area (TPSA) is 86.7 Å². The van der Waals surface area contributed by atoms with E-state index in [9.17, 15) is 19.5 Å². The van der Waals surface area contributed by atoms with Gasteiger partial charge in [-0.05, 0) is 13.8 Å². The number of thioether (sulfide) groups is 1. The van der Waals surface area contributed by atoms with Crippen molar-refractivity contribution in [2.45, 2.75) is 56.8 Å². The fraction of sp³-hybridized carbons (Fsp3) is 0.769. The van der Waals surface area contributed by atoms with Crippen LogP contribution in [0.5, 0.6) is 0 Å². The van der Waals surface area contributed by atoms with E-state index in [0.717, 1.165) is 0 Å². The van der Waals surface area contributed by atoms with Crippen molar-refractivity contribution in [1.82, 2.24) is 10.2 Å². The maximum atomic E-state index is 12.3. The average Bonchev–Trinajstić information content (AvgIpc) is 2.62. The molecule has 0 saturated carbocycles. The van der Waals surface area contributed by atoms with Gasteiger partial charge >= 0.3 is 5.97 Å². The molecule has 2 aliphatic rings. The molecule has 2 unspecified atom stereocenters. The van der Waals surface area contributed by atoms with E-state index >= 15 is 0 Å². The highest BCUT2D eigenvalue weighted by Gasteiger charge is 2.64. The number of amides is 2. The molecule has 0 aliphatic carbocycles. The Morgan fingerprint density at radius 2 is 2.10 bits per heavy atom. The summed E-state index contributed by atoms with van der Waals surface area (Å²) in [6.45, 7) is 3.54. The number of hydrogen-bond donors (Lipinski definition) is 2. The standard InChI is InChI=1S/C13H20N2O4S/c1-12(2,3)11(19)14-6-8(16)15-7(10(17)18)13(4,5)20-9(6)15/h6-7,9H,1-5H3,(H,14,19)(H,17,18)/t6-,7?,9?/m1/s1/i1D3. The minimum atomic E-state index is -2.50. The highest BCUT2D eigenvalue weighted by atomic mass is 32.2. The van der Waals surface area contributed by atoms with Crippen LogP contribution in [-0.4, -0.2) is 50.0 Å². The number of carboxylic acid groups (broad SMARTS) is 1. The lowest BCUT2D eigenvalue weighted by Gasteiger charge is -2.44. The number of carbonyl (C=O) groups excluding carboxylic acids is 2. The zero-order valence-electron chi connectivity index (χ0n) is 14.8. The SMILES string of the molecule is [2H]C([2H])([2H])C(C)(C)C(=O)N[C@@H]1C(=O)N2C1SC(C)(C)C2C(=O)O. The Kier molecular flexibility index (Phi) is 2.50. The van der Waals surface area contributed by atoms with Gasteiger partial charge < -0.3 is 15.3 Å². The first kappa shape index (κ1) is 11.4. The van der Waals surface area contributed by atoms with Crippen LogP contribution in [0.4, 0.5) is 0 Å². The normalized spacial score (nSPS) is 34.4. The lowest BCUT2D eigenvalue weighted by molar-refractivity contribution is -0.161. The van der Waals surface area contributed by atoms with E-state index in [4.69, 9.17) is 4.11 Å². The monoisotopic (exact) mass is 303 g/mol. The third kappa shape index (κ3) is 2.17. The van der Waals surface area contributed by atoms with Gasteiger partial charge in [0.25, 0.3) is 0 Å². The second-order valence-corrected chi connectivity index (χ2v) is 7.95. The molecule has 2 aliphatic heterocycles.